The van der Waals surface area contributed by atoms with Crippen molar-refractivity contribution < 1.29 is 4.74 Å². The first-order valence-corrected chi connectivity index (χ1v) is 6.54. The second-order valence-corrected chi connectivity index (χ2v) is 4.93. The number of benzene rings is 1. The van der Waals surface area contributed by atoms with Crippen molar-refractivity contribution in [3.05, 3.63) is 53.3 Å². The van der Waals surface area contributed by atoms with Crippen LogP contribution in [0.1, 0.15) is 36.6 Å². The number of aryl methyl sites for hydroxylation is 1. The van der Waals surface area contributed by atoms with E-state index in [2.05, 4.69) is 37.9 Å². The monoisotopic (exact) mass is 256 g/mol. The number of rotatable bonds is 4. The molecule has 2 N–H and O–H groups in total. The summed E-state index contributed by atoms with van der Waals surface area (Å²) in [5, 5.41) is 0. The molecule has 0 aliphatic rings. The fourth-order valence-corrected chi connectivity index (χ4v) is 2.16. The van der Waals surface area contributed by atoms with Crippen LogP contribution in [0.25, 0.3) is 0 Å². The molecule has 3 nitrogen and oxygen atoms in total. The van der Waals surface area contributed by atoms with Gasteiger partial charge in [-0.2, -0.15) is 0 Å². The first-order valence-electron chi connectivity index (χ1n) is 6.54. The smallest absolute Gasteiger partial charge is 0.150 e. The molecule has 0 amide bonds. The number of nitrogens with two attached hydrogens (primary N) is 1. The number of ether oxygens (including phenoxy) is 1. The SMILES string of the molecule is Cc1cc(Oc2cccnc2CN)ccc1C(C)C. The average molecular weight is 256 g/mol. The van der Waals surface area contributed by atoms with Gasteiger partial charge in [0.15, 0.2) is 0 Å². The van der Waals surface area contributed by atoms with Crippen LogP contribution >= 0.6 is 0 Å². The summed E-state index contributed by atoms with van der Waals surface area (Å²) >= 11 is 0. The van der Waals surface area contributed by atoms with Gasteiger partial charge in [-0.3, -0.25) is 4.98 Å². The molecule has 0 bridgehead atoms. The molecule has 1 aromatic heterocycles. The van der Waals surface area contributed by atoms with Gasteiger partial charge in [0.1, 0.15) is 11.5 Å². The highest BCUT2D eigenvalue weighted by atomic mass is 16.5. The van der Waals surface area contributed by atoms with Crippen LogP contribution in [0.4, 0.5) is 0 Å². The minimum absolute atomic E-state index is 0.374. The van der Waals surface area contributed by atoms with Gasteiger partial charge in [0.05, 0.1) is 5.69 Å². The largest absolute Gasteiger partial charge is 0.455 e. The molecule has 2 aromatic rings. The van der Waals surface area contributed by atoms with Gasteiger partial charge in [0, 0.05) is 12.7 Å². The van der Waals surface area contributed by atoms with E-state index in [0.29, 0.717) is 12.5 Å². The molecule has 1 heterocycles. The van der Waals surface area contributed by atoms with Crippen LogP contribution < -0.4 is 10.5 Å². The summed E-state index contributed by atoms with van der Waals surface area (Å²) in [6.45, 7) is 6.86. The van der Waals surface area contributed by atoms with Crippen molar-refractivity contribution in [2.75, 3.05) is 0 Å². The molecule has 100 valence electrons. The maximum atomic E-state index is 5.87. The van der Waals surface area contributed by atoms with Gasteiger partial charge in [0.2, 0.25) is 0 Å². The molecular weight excluding hydrogens is 236 g/mol. The van der Waals surface area contributed by atoms with Crippen molar-refractivity contribution in [3.8, 4) is 11.5 Å². The second kappa shape index (κ2) is 5.85. The van der Waals surface area contributed by atoms with Gasteiger partial charge in [-0.1, -0.05) is 19.9 Å². The average Bonchev–Trinajstić information content (AvgIpc) is 2.39. The lowest BCUT2D eigenvalue weighted by Crippen LogP contribution is -2.02. The number of hydrogen-bond donors (Lipinski definition) is 1. The van der Waals surface area contributed by atoms with E-state index in [9.17, 15) is 0 Å². The number of pyridine rings is 1. The van der Waals surface area contributed by atoms with E-state index in [1.165, 1.54) is 11.1 Å². The molecule has 3 heteroatoms. The highest BCUT2D eigenvalue weighted by molar-refractivity contribution is 5.40. The Hall–Kier alpha value is -1.87. The zero-order chi connectivity index (χ0) is 13.8. The van der Waals surface area contributed by atoms with Gasteiger partial charge >= 0.3 is 0 Å². The zero-order valence-electron chi connectivity index (χ0n) is 11.7. The molecule has 0 aliphatic carbocycles. The molecule has 1 aromatic carbocycles. The maximum absolute atomic E-state index is 5.87. The molecule has 0 unspecified atom stereocenters. The molecule has 0 aliphatic heterocycles. The lowest BCUT2D eigenvalue weighted by molar-refractivity contribution is 0.472. The Morgan fingerprint density at radius 1 is 1.26 bits per heavy atom. The van der Waals surface area contributed by atoms with Gasteiger partial charge < -0.3 is 10.5 Å². The Balaban J connectivity index is 2.26. The van der Waals surface area contributed by atoms with E-state index >= 15 is 0 Å². The predicted octanol–water partition coefficient (Wildman–Crippen LogP) is 3.76. The van der Waals surface area contributed by atoms with Crippen molar-refractivity contribution in [1.29, 1.82) is 0 Å². The maximum Gasteiger partial charge on any atom is 0.150 e. The summed E-state index contributed by atoms with van der Waals surface area (Å²) in [6, 6.07) is 9.91. The van der Waals surface area contributed by atoms with Crippen LogP contribution in [0.5, 0.6) is 11.5 Å². The Kier molecular flexibility index (Phi) is 4.17. The van der Waals surface area contributed by atoms with Crippen LogP contribution in [-0.4, -0.2) is 4.98 Å². The lowest BCUT2D eigenvalue weighted by atomic mass is 9.98. The summed E-state index contributed by atoms with van der Waals surface area (Å²) in [4.78, 5) is 4.21. The van der Waals surface area contributed by atoms with E-state index < -0.39 is 0 Å². The van der Waals surface area contributed by atoms with E-state index in [1.807, 2.05) is 18.2 Å². The summed E-state index contributed by atoms with van der Waals surface area (Å²) in [6.07, 6.45) is 1.72. The molecule has 19 heavy (non-hydrogen) atoms. The third-order valence-electron chi connectivity index (χ3n) is 3.13. The molecule has 0 saturated heterocycles. The zero-order valence-corrected chi connectivity index (χ0v) is 11.7. The fraction of sp³-hybridized carbons (Fsp3) is 0.312. The van der Waals surface area contributed by atoms with Crippen molar-refractivity contribution in [3.63, 3.8) is 0 Å². The molecular formula is C16H20N2O. The second-order valence-electron chi connectivity index (χ2n) is 4.93. The Morgan fingerprint density at radius 2 is 2.05 bits per heavy atom. The van der Waals surface area contributed by atoms with Gasteiger partial charge in [0.25, 0.3) is 0 Å². The Bertz CT molecular complexity index is 564. The summed E-state index contributed by atoms with van der Waals surface area (Å²) in [7, 11) is 0. The standard InChI is InChI=1S/C16H20N2O/c1-11(2)14-7-6-13(9-12(14)3)19-16-5-4-8-18-15(16)10-17/h4-9,11H,10,17H2,1-3H3. The summed E-state index contributed by atoms with van der Waals surface area (Å²) < 4.78 is 5.87. The number of hydrogen-bond acceptors (Lipinski definition) is 3. The van der Waals surface area contributed by atoms with Gasteiger partial charge in [-0.15, -0.1) is 0 Å². The van der Waals surface area contributed by atoms with Crippen LogP contribution in [0.3, 0.4) is 0 Å². The highest BCUT2D eigenvalue weighted by Gasteiger charge is 2.07. The Morgan fingerprint density at radius 3 is 2.68 bits per heavy atom. The molecule has 0 saturated carbocycles. The number of aromatic nitrogens is 1. The first kappa shape index (κ1) is 13.6. The van der Waals surface area contributed by atoms with Crippen molar-refractivity contribution in [2.45, 2.75) is 33.2 Å². The topological polar surface area (TPSA) is 48.1 Å². The molecule has 2 rings (SSSR count). The van der Waals surface area contributed by atoms with Crippen LogP contribution in [0, 0.1) is 6.92 Å². The molecule has 0 spiro atoms. The van der Waals surface area contributed by atoms with Crippen LogP contribution in [0.2, 0.25) is 0 Å². The fourth-order valence-electron chi connectivity index (χ4n) is 2.16. The molecule has 0 radical (unpaired) electrons. The number of nitrogens with zero attached hydrogens (tertiary/aromatic N) is 1. The van der Waals surface area contributed by atoms with E-state index in [-0.39, 0.29) is 0 Å². The van der Waals surface area contributed by atoms with Crippen molar-refractivity contribution >= 4 is 0 Å². The normalized spacial score (nSPS) is 10.8. The van der Waals surface area contributed by atoms with Crippen molar-refractivity contribution in [2.24, 2.45) is 5.73 Å². The van der Waals surface area contributed by atoms with E-state index in [0.717, 1.165) is 17.2 Å². The van der Waals surface area contributed by atoms with Crippen molar-refractivity contribution in [1.82, 2.24) is 4.98 Å². The van der Waals surface area contributed by atoms with Crippen LogP contribution in [0.15, 0.2) is 36.5 Å². The minimum Gasteiger partial charge on any atom is -0.455 e. The summed E-state index contributed by atoms with van der Waals surface area (Å²) in [5.74, 6) is 2.07. The third kappa shape index (κ3) is 3.12. The molecule has 0 fully saturated rings. The summed E-state index contributed by atoms with van der Waals surface area (Å²) in [5.41, 5.74) is 9.01. The minimum atomic E-state index is 0.374. The van der Waals surface area contributed by atoms with E-state index in [4.69, 9.17) is 10.5 Å². The van der Waals surface area contributed by atoms with Crippen LogP contribution in [-0.2, 0) is 6.54 Å². The predicted molar refractivity (Wildman–Crippen MR) is 77.5 cm³/mol. The first-order chi connectivity index (χ1) is 9.11. The van der Waals surface area contributed by atoms with Gasteiger partial charge in [-0.05, 0) is 48.2 Å². The lowest BCUT2D eigenvalue weighted by Gasteiger charge is -2.13. The highest BCUT2D eigenvalue weighted by Crippen LogP contribution is 2.28. The van der Waals surface area contributed by atoms with E-state index in [1.54, 1.807) is 6.20 Å². The Labute approximate surface area is 114 Å². The van der Waals surface area contributed by atoms with Gasteiger partial charge in [-0.25, -0.2) is 0 Å². The molecule has 0 atom stereocenters. The quantitative estimate of drug-likeness (QED) is 0.906. The third-order valence-corrected chi connectivity index (χ3v) is 3.13.